The van der Waals surface area contributed by atoms with Crippen LogP contribution in [0.4, 0.5) is 0 Å². The summed E-state index contributed by atoms with van der Waals surface area (Å²) in [5, 5.41) is 38.5. The Kier molecular flexibility index (Phi) is 3.72. The molecule has 0 bridgehead atoms. The molecule has 0 amide bonds. The van der Waals surface area contributed by atoms with Gasteiger partial charge in [-0.2, -0.15) is 0 Å². The Morgan fingerprint density at radius 2 is 2.06 bits per heavy atom. The quantitative estimate of drug-likeness (QED) is 0.447. The van der Waals surface area contributed by atoms with E-state index in [9.17, 15) is 15.3 Å². The van der Waals surface area contributed by atoms with Crippen molar-refractivity contribution in [2.45, 2.75) is 50.0 Å². The topological polar surface area (TPSA) is 99.4 Å². The first-order chi connectivity index (χ1) is 8.07. The third-order valence-corrected chi connectivity index (χ3v) is 3.75. The molecule has 1 aliphatic carbocycles. The van der Waals surface area contributed by atoms with Crippen LogP contribution < -0.4 is 0 Å². The summed E-state index contributed by atoms with van der Waals surface area (Å²) in [6, 6.07) is 0. The van der Waals surface area contributed by atoms with Crippen molar-refractivity contribution < 1.29 is 29.9 Å². The lowest BCUT2D eigenvalue weighted by Crippen LogP contribution is -2.73. The molecule has 100 valence electrons. The van der Waals surface area contributed by atoms with E-state index in [1.807, 2.05) is 6.92 Å². The zero-order chi connectivity index (χ0) is 12.6. The van der Waals surface area contributed by atoms with Crippen molar-refractivity contribution in [3.8, 4) is 0 Å². The Bertz CT molecular complexity index is 273. The summed E-state index contributed by atoms with van der Waals surface area (Å²) >= 11 is 0. The minimum Gasteiger partial charge on any atom is -0.394 e. The Balaban J connectivity index is 2.02. The van der Waals surface area contributed by atoms with Crippen molar-refractivity contribution in [2.24, 2.45) is 5.92 Å². The maximum absolute atomic E-state index is 10.2. The second-order valence-electron chi connectivity index (χ2n) is 4.75. The average molecular weight is 248 g/mol. The first-order valence-corrected chi connectivity index (χ1v) is 6.03. The lowest BCUT2D eigenvalue weighted by atomic mass is 9.63. The predicted molar refractivity (Wildman–Crippen MR) is 57.1 cm³/mol. The summed E-state index contributed by atoms with van der Waals surface area (Å²) in [5.74, 6) is -0.688. The van der Waals surface area contributed by atoms with Gasteiger partial charge in [-0.25, -0.2) is 0 Å². The van der Waals surface area contributed by atoms with Gasteiger partial charge in [0.05, 0.1) is 18.6 Å². The summed E-state index contributed by atoms with van der Waals surface area (Å²) in [5.41, 5.74) is -1.59. The highest BCUT2D eigenvalue weighted by molar-refractivity contribution is 5.18. The molecule has 0 spiro atoms. The number of aliphatic hydroxyl groups is 4. The molecule has 0 aromatic rings. The monoisotopic (exact) mass is 248 g/mol. The van der Waals surface area contributed by atoms with Gasteiger partial charge in [0.15, 0.2) is 6.29 Å². The lowest BCUT2D eigenvalue weighted by molar-refractivity contribution is -0.269. The molecule has 0 radical (unpaired) electrons. The molecular weight excluding hydrogens is 228 g/mol. The Morgan fingerprint density at radius 3 is 2.65 bits per heavy atom. The van der Waals surface area contributed by atoms with Gasteiger partial charge in [0.1, 0.15) is 17.8 Å². The van der Waals surface area contributed by atoms with Gasteiger partial charge in [-0.3, -0.25) is 0 Å². The summed E-state index contributed by atoms with van der Waals surface area (Å²) in [6.07, 6.45) is -2.20. The van der Waals surface area contributed by atoms with Crippen molar-refractivity contribution in [1.82, 2.24) is 0 Å². The van der Waals surface area contributed by atoms with Crippen LogP contribution in [-0.4, -0.2) is 63.8 Å². The SMILES string of the molecule is CCCCOC1OC(CO)C2(O)C(O)C(O)C12. The van der Waals surface area contributed by atoms with Gasteiger partial charge in [0.25, 0.3) is 0 Å². The number of unbranched alkanes of at least 4 members (excludes halogenated alkanes) is 1. The number of fused-ring (bicyclic) bond motifs is 1. The smallest absolute Gasteiger partial charge is 0.166 e. The fraction of sp³-hybridized carbons (Fsp3) is 1.00. The van der Waals surface area contributed by atoms with E-state index in [-0.39, 0.29) is 0 Å². The fourth-order valence-electron chi connectivity index (χ4n) is 2.64. The highest BCUT2D eigenvalue weighted by atomic mass is 16.7. The van der Waals surface area contributed by atoms with E-state index in [0.29, 0.717) is 6.61 Å². The van der Waals surface area contributed by atoms with E-state index in [2.05, 4.69) is 0 Å². The maximum atomic E-state index is 10.2. The van der Waals surface area contributed by atoms with Crippen LogP contribution in [0.3, 0.4) is 0 Å². The molecule has 4 N–H and O–H groups in total. The van der Waals surface area contributed by atoms with E-state index in [4.69, 9.17) is 14.6 Å². The molecule has 0 aromatic heterocycles. The largest absolute Gasteiger partial charge is 0.394 e. The van der Waals surface area contributed by atoms with Gasteiger partial charge in [0, 0.05) is 6.61 Å². The van der Waals surface area contributed by atoms with Gasteiger partial charge in [0.2, 0.25) is 0 Å². The minimum absolute atomic E-state index is 0.412. The molecule has 2 rings (SSSR count). The van der Waals surface area contributed by atoms with Crippen LogP contribution in [0.2, 0.25) is 0 Å². The molecule has 6 unspecified atom stereocenters. The Morgan fingerprint density at radius 1 is 1.35 bits per heavy atom. The zero-order valence-electron chi connectivity index (χ0n) is 9.82. The zero-order valence-corrected chi connectivity index (χ0v) is 9.82. The van der Waals surface area contributed by atoms with Crippen LogP contribution in [-0.2, 0) is 9.47 Å². The molecule has 6 atom stereocenters. The Labute approximate surface area is 99.8 Å². The predicted octanol–water partition coefficient (Wildman–Crippen LogP) is -1.40. The van der Waals surface area contributed by atoms with Gasteiger partial charge in [-0.1, -0.05) is 13.3 Å². The maximum Gasteiger partial charge on any atom is 0.166 e. The fourth-order valence-corrected chi connectivity index (χ4v) is 2.64. The lowest BCUT2D eigenvalue weighted by Gasteiger charge is -2.50. The van der Waals surface area contributed by atoms with Gasteiger partial charge < -0.3 is 29.9 Å². The minimum atomic E-state index is -1.59. The highest BCUT2D eigenvalue weighted by Gasteiger charge is 2.72. The molecule has 1 saturated carbocycles. The molecule has 1 saturated heterocycles. The normalized spacial score (nSPS) is 48.9. The van der Waals surface area contributed by atoms with Crippen molar-refractivity contribution >= 4 is 0 Å². The van der Waals surface area contributed by atoms with E-state index in [1.165, 1.54) is 0 Å². The summed E-state index contributed by atoms with van der Waals surface area (Å²) in [7, 11) is 0. The molecule has 1 heterocycles. The van der Waals surface area contributed by atoms with Crippen LogP contribution >= 0.6 is 0 Å². The standard InChI is InChI=1S/C11H20O6/c1-2-3-4-16-10-7-8(13)9(14)11(7,15)6(5-12)17-10/h6-10,12-15H,2-5H2,1H3. The highest BCUT2D eigenvalue weighted by Crippen LogP contribution is 2.51. The third-order valence-electron chi connectivity index (χ3n) is 3.75. The van der Waals surface area contributed by atoms with Crippen LogP contribution in [0, 0.1) is 5.92 Å². The van der Waals surface area contributed by atoms with E-state index < -0.39 is 42.7 Å². The molecule has 6 heteroatoms. The van der Waals surface area contributed by atoms with E-state index in [1.54, 1.807) is 0 Å². The number of ether oxygens (including phenoxy) is 2. The average Bonchev–Trinajstić information content (AvgIpc) is 2.59. The van der Waals surface area contributed by atoms with Crippen molar-refractivity contribution in [2.75, 3.05) is 13.2 Å². The molecule has 2 aliphatic rings. The van der Waals surface area contributed by atoms with Crippen LogP contribution in [0.25, 0.3) is 0 Å². The second kappa shape index (κ2) is 4.79. The van der Waals surface area contributed by atoms with Crippen molar-refractivity contribution in [3.05, 3.63) is 0 Å². The summed E-state index contributed by atoms with van der Waals surface area (Å²) in [4.78, 5) is 0. The van der Waals surface area contributed by atoms with Crippen LogP contribution in [0.1, 0.15) is 19.8 Å². The molecule has 6 nitrogen and oxygen atoms in total. The van der Waals surface area contributed by atoms with Crippen LogP contribution in [0.15, 0.2) is 0 Å². The number of hydrogen-bond acceptors (Lipinski definition) is 6. The number of hydrogen-bond donors (Lipinski definition) is 4. The number of rotatable bonds is 5. The van der Waals surface area contributed by atoms with Gasteiger partial charge in [-0.05, 0) is 6.42 Å². The van der Waals surface area contributed by atoms with Crippen molar-refractivity contribution in [1.29, 1.82) is 0 Å². The third kappa shape index (κ3) is 1.80. The van der Waals surface area contributed by atoms with Crippen LogP contribution in [0.5, 0.6) is 0 Å². The van der Waals surface area contributed by atoms with Gasteiger partial charge >= 0.3 is 0 Å². The molecular formula is C11H20O6. The molecule has 17 heavy (non-hydrogen) atoms. The molecule has 1 aliphatic heterocycles. The van der Waals surface area contributed by atoms with E-state index >= 15 is 0 Å². The van der Waals surface area contributed by atoms with Crippen molar-refractivity contribution in [3.63, 3.8) is 0 Å². The molecule has 0 aromatic carbocycles. The summed E-state index contributed by atoms with van der Waals surface area (Å²) < 4.78 is 10.8. The van der Waals surface area contributed by atoms with E-state index in [0.717, 1.165) is 12.8 Å². The number of aliphatic hydroxyl groups excluding tert-OH is 3. The summed E-state index contributed by atoms with van der Waals surface area (Å²) in [6.45, 7) is 2.08. The first-order valence-electron chi connectivity index (χ1n) is 6.03. The van der Waals surface area contributed by atoms with Gasteiger partial charge in [-0.15, -0.1) is 0 Å². The Hall–Kier alpha value is -0.240. The molecule has 2 fully saturated rings. The second-order valence-corrected chi connectivity index (χ2v) is 4.75. The first kappa shape index (κ1) is 13.2.